The van der Waals surface area contributed by atoms with Gasteiger partial charge in [-0.1, -0.05) is 11.6 Å². The van der Waals surface area contributed by atoms with E-state index in [0.717, 1.165) is 12.2 Å². The van der Waals surface area contributed by atoms with E-state index in [1.54, 1.807) is 31.0 Å². The molecule has 1 rings (SSSR count). The van der Waals surface area contributed by atoms with Crippen LogP contribution in [0.1, 0.15) is 13.3 Å². The quantitative estimate of drug-likeness (QED) is 0.774. The topological polar surface area (TPSA) is 49.8 Å². The van der Waals surface area contributed by atoms with E-state index in [4.69, 9.17) is 21.4 Å². The first-order chi connectivity index (χ1) is 8.50. The Morgan fingerprint density at radius 2 is 2.06 bits per heavy atom. The number of carboxylic acid groups (broad SMARTS) is 1. The van der Waals surface area contributed by atoms with Crippen LogP contribution in [0.4, 0.5) is 0 Å². The van der Waals surface area contributed by atoms with E-state index in [2.05, 4.69) is 0 Å². The summed E-state index contributed by atoms with van der Waals surface area (Å²) in [5.41, 5.74) is 0. The zero-order chi connectivity index (χ0) is 13.5. The molecule has 0 aliphatic heterocycles. The number of likely N-dealkylation sites (N-methyl/N-ethyl adjacent to an activating group) is 1. The zero-order valence-corrected chi connectivity index (χ0v) is 11.4. The number of hydrogen-bond acceptors (Lipinski definition) is 3. The molecule has 0 aromatic heterocycles. The summed E-state index contributed by atoms with van der Waals surface area (Å²) in [5.74, 6) is -0.0375. The molecule has 1 aromatic carbocycles. The first-order valence-electron chi connectivity index (χ1n) is 5.82. The van der Waals surface area contributed by atoms with Gasteiger partial charge in [-0.15, -0.1) is 0 Å². The monoisotopic (exact) mass is 271 g/mol. The van der Waals surface area contributed by atoms with Crippen molar-refractivity contribution in [1.29, 1.82) is 0 Å². The average Bonchev–Trinajstić information content (AvgIpc) is 2.35. The lowest BCUT2D eigenvalue weighted by Crippen LogP contribution is -2.36. The van der Waals surface area contributed by atoms with Crippen LogP contribution in [0.3, 0.4) is 0 Å². The standard InChI is InChI=1S/C13H18ClNO3/c1-10(13(16)17)15(2)8-3-9-18-12-6-4-11(14)5-7-12/h4-7,10H,3,8-9H2,1-2H3,(H,16,17). The summed E-state index contributed by atoms with van der Waals surface area (Å²) in [5, 5.41) is 9.51. The maximum absolute atomic E-state index is 10.7. The van der Waals surface area contributed by atoms with Crippen molar-refractivity contribution in [1.82, 2.24) is 4.90 Å². The molecule has 0 fully saturated rings. The Hall–Kier alpha value is -1.26. The fourth-order valence-electron chi connectivity index (χ4n) is 1.42. The van der Waals surface area contributed by atoms with Gasteiger partial charge in [0, 0.05) is 11.6 Å². The third-order valence-corrected chi connectivity index (χ3v) is 3.01. The lowest BCUT2D eigenvalue weighted by atomic mass is 10.3. The second kappa shape index (κ2) is 7.24. The number of ether oxygens (including phenoxy) is 1. The number of rotatable bonds is 7. The fraction of sp³-hybridized carbons (Fsp3) is 0.462. The first-order valence-corrected chi connectivity index (χ1v) is 6.20. The average molecular weight is 272 g/mol. The summed E-state index contributed by atoms with van der Waals surface area (Å²) in [4.78, 5) is 12.5. The summed E-state index contributed by atoms with van der Waals surface area (Å²) in [6, 6.07) is 6.70. The van der Waals surface area contributed by atoms with Gasteiger partial charge in [0.05, 0.1) is 6.61 Å². The molecule has 0 aliphatic rings. The smallest absolute Gasteiger partial charge is 0.320 e. The van der Waals surface area contributed by atoms with Crippen LogP contribution in [-0.4, -0.2) is 42.2 Å². The fourth-order valence-corrected chi connectivity index (χ4v) is 1.54. The van der Waals surface area contributed by atoms with Gasteiger partial charge in [-0.25, -0.2) is 0 Å². The molecule has 0 saturated heterocycles. The van der Waals surface area contributed by atoms with Crippen molar-refractivity contribution < 1.29 is 14.6 Å². The Morgan fingerprint density at radius 1 is 1.44 bits per heavy atom. The first kappa shape index (κ1) is 14.8. The van der Waals surface area contributed by atoms with Crippen LogP contribution in [0.2, 0.25) is 5.02 Å². The molecule has 0 spiro atoms. The van der Waals surface area contributed by atoms with Crippen LogP contribution in [0.15, 0.2) is 24.3 Å². The molecule has 0 radical (unpaired) electrons. The van der Waals surface area contributed by atoms with E-state index in [9.17, 15) is 4.79 Å². The largest absolute Gasteiger partial charge is 0.494 e. The van der Waals surface area contributed by atoms with Crippen molar-refractivity contribution in [2.24, 2.45) is 0 Å². The highest BCUT2D eigenvalue weighted by Gasteiger charge is 2.15. The second-order valence-corrected chi connectivity index (χ2v) is 4.59. The van der Waals surface area contributed by atoms with Crippen LogP contribution in [0, 0.1) is 0 Å². The van der Waals surface area contributed by atoms with Crippen LogP contribution in [0.5, 0.6) is 5.75 Å². The molecule has 1 atom stereocenters. The number of halogens is 1. The summed E-state index contributed by atoms with van der Waals surface area (Å²) >= 11 is 5.76. The molecule has 0 aliphatic carbocycles. The Labute approximate surface area is 112 Å². The van der Waals surface area contributed by atoms with Gasteiger partial charge in [-0.05, 0) is 44.7 Å². The minimum Gasteiger partial charge on any atom is -0.494 e. The van der Waals surface area contributed by atoms with Crippen LogP contribution >= 0.6 is 11.6 Å². The molecule has 100 valence electrons. The Balaban J connectivity index is 2.22. The van der Waals surface area contributed by atoms with Crippen molar-refractivity contribution in [3.63, 3.8) is 0 Å². The molecule has 1 N–H and O–H groups in total. The summed E-state index contributed by atoms with van der Waals surface area (Å²) < 4.78 is 5.52. The van der Waals surface area contributed by atoms with Crippen LogP contribution < -0.4 is 4.74 Å². The number of carboxylic acids is 1. The van der Waals surface area contributed by atoms with Crippen LogP contribution in [0.25, 0.3) is 0 Å². The van der Waals surface area contributed by atoms with E-state index >= 15 is 0 Å². The molecule has 5 heteroatoms. The Kier molecular flexibility index (Phi) is 5.95. The van der Waals surface area contributed by atoms with Gasteiger partial charge in [0.25, 0.3) is 0 Å². The summed E-state index contributed by atoms with van der Waals surface area (Å²) in [6.45, 7) is 2.90. The molecule has 0 amide bonds. The van der Waals surface area contributed by atoms with Crippen molar-refractivity contribution in [2.75, 3.05) is 20.2 Å². The Bertz CT molecular complexity index is 380. The zero-order valence-electron chi connectivity index (χ0n) is 10.6. The molecule has 1 aromatic rings. The molecule has 4 nitrogen and oxygen atoms in total. The van der Waals surface area contributed by atoms with E-state index < -0.39 is 12.0 Å². The van der Waals surface area contributed by atoms with Gasteiger partial charge >= 0.3 is 5.97 Å². The number of hydrogen-bond donors (Lipinski definition) is 1. The highest BCUT2D eigenvalue weighted by atomic mass is 35.5. The number of carbonyl (C=O) groups is 1. The lowest BCUT2D eigenvalue weighted by molar-refractivity contribution is -0.142. The highest BCUT2D eigenvalue weighted by molar-refractivity contribution is 6.30. The third-order valence-electron chi connectivity index (χ3n) is 2.76. The molecular weight excluding hydrogens is 254 g/mol. The van der Waals surface area contributed by atoms with Gasteiger partial charge in [-0.2, -0.15) is 0 Å². The van der Waals surface area contributed by atoms with Gasteiger partial charge < -0.3 is 9.84 Å². The van der Waals surface area contributed by atoms with Crippen molar-refractivity contribution >= 4 is 17.6 Å². The van der Waals surface area contributed by atoms with Gasteiger partial charge in [-0.3, -0.25) is 9.69 Å². The lowest BCUT2D eigenvalue weighted by Gasteiger charge is -2.20. The molecular formula is C13H18ClNO3. The normalized spacial score (nSPS) is 12.4. The highest BCUT2D eigenvalue weighted by Crippen LogP contribution is 2.15. The van der Waals surface area contributed by atoms with E-state index in [1.165, 1.54) is 0 Å². The third kappa shape index (κ3) is 4.94. The van der Waals surface area contributed by atoms with Gasteiger partial charge in [0.15, 0.2) is 0 Å². The predicted octanol–water partition coefficient (Wildman–Crippen LogP) is 2.51. The SMILES string of the molecule is CC(C(=O)O)N(C)CCCOc1ccc(Cl)cc1. The van der Waals surface area contributed by atoms with Gasteiger partial charge in [0.2, 0.25) is 0 Å². The van der Waals surface area contributed by atoms with Crippen molar-refractivity contribution in [2.45, 2.75) is 19.4 Å². The number of benzene rings is 1. The number of nitrogens with zero attached hydrogens (tertiary/aromatic N) is 1. The van der Waals surface area contributed by atoms with Gasteiger partial charge in [0.1, 0.15) is 11.8 Å². The van der Waals surface area contributed by atoms with Crippen molar-refractivity contribution in [3.8, 4) is 5.75 Å². The summed E-state index contributed by atoms with van der Waals surface area (Å²) in [6.07, 6.45) is 0.775. The second-order valence-electron chi connectivity index (χ2n) is 4.15. The molecule has 0 heterocycles. The minimum absolute atomic E-state index is 0.472. The maximum atomic E-state index is 10.7. The van der Waals surface area contributed by atoms with E-state index in [-0.39, 0.29) is 0 Å². The molecule has 1 unspecified atom stereocenters. The Morgan fingerprint density at radius 3 is 2.61 bits per heavy atom. The summed E-state index contributed by atoms with van der Waals surface area (Å²) in [7, 11) is 1.79. The minimum atomic E-state index is -0.809. The van der Waals surface area contributed by atoms with Crippen molar-refractivity contribution in [3.05, 3.63) is 29.3 Å². The predicted molar refractivity (Wildman–Crippen MR) is 71.3 cm³/mol. The van der Waals surface area contributed by atoms with E-state index in [1.807, 2.05) is 12.1 Å². The van der Waals surface area contributed by atoms with E-state index in [0.29, 0.717) is 18.2 Å². The molecule has 0 bridgehead atoms. The molecule has 0 saturated carbocycles. The van der Waals surface area contributed by atoms with Crippen LogP contribution in [-0.2, 0) is 4.79 Å². The molecule has 18 heavy (non-hydrogen) atoms. The maximum Gasteiger partial charge on any atom is 0.320 e. The number of aliphatic carboxylic acids is 1.